The van der Waals surface area contributed by atoms with Gasteiger partial charge in [-0.25, -0.2) is 9.97 Å². The van der Waals surface area contributed by atoms with Gasteiger partial charge in [-0.15, -0.1) is 0 Å². The molecule has 100 valence electrons. The molecule has 3 nitrogen and oxygen atoms in total. The van der Waals surface area contributed by atoms with Crippen LogP contribution in [0.2, 0.25) is 0 Å². The zero-order chi connectivity index (χ0) is 13.6. The Kier molecular flexibility index (Phi) is 3.99. The first kappa shape index (κ1) is 12.8. The second-order valence-electron chi connectivity index (χ2n) is 4.78. The second-order valence-corrected chi connectivity index (χ2v) is 4.78. The molecule has 1 aromatic heterocycles. The highest BCUT2D eigenvalue weighted by atomic mass is 14.9. The van der Waals surface area contributed by atoms with Crippen LogP contribution >= 0.6 is 0 Å². The third-order valence-electron chi connectivity index (χ3n) is 3.42. The van der Waals surface area contributed by atoms with E-state index in [1.165, 1.54) is 17.5 Å². The topological polar surface area (TPSA) is 37.8 Å². The van der Waals surface area contributed by atoms with Crippen LogP contribution in [0.3, 0.4) is 0 Å². The van der Waals surface area contributed by atoms with Gasteiger partial charge in [0.25, 0.3) is 0 Å². The van der Waals surface area contributed by atoms with Gasteiger partial charge in [0.15, 0.2) is 0 Å². The maximum absolute atomic E-state index is 4.07. The van der Waals surface area contributed by atoms with Crippen molar-refractivity contribution in [3.05, 3.63) is 72.2 Å². The van der Waals surface area contributed by atoms with Crippen LogP contribution in [-0.4, -0.2) is 16.5 Å². The van der Waals surface area contributed by atoms with Gasteiger partial charge in [0, 0.05) is 18.1 Å². The molecule has 1 aliphatic heterocycles. The molecule has 20 heavy (non-hydrogen) atoms. The van der Waals surface area contributed by atoms with Crippen LogP contribution in [0.15, 0.2) is 61.1 Å². The summed E-state index contributed by atoms with van der Waals surface area (Å²) in [4.78, 5) is 7.97. The first-order valence-corrected chi connectivity index (χ1v) is 6.86. The summed E-state index contributed by atoms with van der Waals surface area (Å²) >= 11 is 0. The average Bonchev–Trinajstić information content (AvgIpc) is 2.56. The molecule has 0 amide bonds. The Morgan fingerprint density at radius 1 is 0.900 bits per heavy atom. The molecule has 1 aliphatic rings. The molecule has 4 rings (SSSR count). The standard InChI is InChI=1S/C9H11N.C8H6N2/c1-2-4-9-7-10-6-5-8(9)3-1;1-2-4-8-7(3-1)5-9-6-10-8/h1-4,10H,5-7H2;1-6H. The van der Waals surface area contributed by atoms with Crippen LogP contribution in [0.5, 0.6) is 0 Å². The zero-order valence-corrected chi connectivity index (χ0v) is 11.3. The van der Waals surface area contributed by atoms with Crippen LogP contribution in [0.4, 0.5) is 0 Å². The van der Waals surface area contributed by atoms with E-state index in [1.54, 1.807) is 6.33 Å². The fourth-order valence-corrected chi connectivity index (χ4v) is 2.34. The second kappa shape index (κ2) is 6.26. The van der Waals surface area contributed by atoms with Crippen molar-refractivity contribution in [1.82, 2.24) is 15.3 Å². The Bertz CT molecular complexity index is 604. The summed E-state index contributed by atoms with van der Waals surface area (Å²) in [5.41, 5.74) is 3.98. The van der Waals surface area contributed by atoms with E-state index in [0.717, 1.165) is 24.0 Å². The lowest BCUT2D eigenvalue weighted by Gasteiger charge is -2.15. The number of para-hydroxylation sites is 1. The van der Waals surface area contributed by atoms with E-state index in [9.17, 15) is 0 Å². The lowest BCUT2D eigenvalue weighted by atomic mass is 10.0. The van der Waals surface area contributed by atoms with Crippen LogP contribution in [0.1, 0.15) is 11.1 Å². The van der Waals surface area contributed by atoms with E-state index in [4.69, 9.17) is 0 Å². The predicted octanol–water partition coefficient (Wildman–Crippen LogP) is 2.96. The molecule has 0 aliphatic carbocycles. The highest BCUT2D eigenvalue weighted by Crippen LogP contribution is 2.11. The number of nitrogens with one attached hydrogen (secondary N) is 1. The lowest BCUT2D eigenvalue weighted by Crippen LogP contribution is -2.23. The molecule has 0 bridgehead atoms. The first-order chi connectivity index (χ1) is 9.93. The zero-order valence-electron chi connectivity index (χ0n) is 11.3. The number of aromatic nitrogens is 2. The van der Waals surface area contributed by atoms with E-state index in [0.29, 0.717) is 0 Å². The minimum atomic E-state index is 0.998. The van der Waals surface area contributed by atoms with Crippen LogP contribution < -0.4 is 5.32 Å². The molecule has 2 aromatic carbocycles. The van der Waals surface area contributed by atoms with Crippen molar-refractivity contribution >= 4 is 10.9 Å². The van der Waals surface area contributed by atoms with Gasteiger partial charge in [0.2, 0.25) is 0 Å². The number of nitrogens with zero attached hydrogens (tertiary/aromatic N) is 2. The molecule has 2 heterocycles. The maximum atomic E-state index is 4.07. The van der Waals surface area contributed by atoms with E-state index in [1.807, 2.05) is 30.5 Å². The van der Waals surface area contributed by atoms with Gasteiger partial charge in [-0.2, -0.15) is 0 Å². The molecule has 0 radical (unpaired) electrons. The van der Waals surface area contributed by atoms with Crippen LogP contribution in [0.25, 0.3) is 10.9 Å². The Morgan fingerprint density at radius 2 is 1.70 bits per heavy atom. The van der Waals surface area contributed by atoms with Gasteiger partial charge in [-0.05, 0) is 30.2 Å². The molecule has 1 N–H and O–H groups in total. The summed E-state index contributed by atoms with van der Waals surface area (Å²) < 4.78 is 0. The minimum absolute atomic E-state index is 0.998. The van der Waals surface area contributed by atoms with Crippen molar-refractivity contribution < 1.29 is 0 Å². The van der Waals surface area contributed by atoms with Gasteiger partial charge in [0.05, 0.1) is 5.52 Å². The minimum Gasteiger partial charge on any atom is -0.312 e. The Morgan fingerprint density at radius 3 is 2.55 bits per heavy atom. The molecule has 3 heteroatoms. The quantitative estimate of drug-likeness (QED) is 0.677. The summed E-state index contributed by atoms with van der Waals surface area (Å²) in [6, 6.07) is 16.5. The smallest absolute Gasteiger partial charge is 0.116 e. The maximum Gasteiger partial charge on any atom is 0.116 e. The Labute approximate surface area is 118 Å². The highest BCUT2D eigenvalue weighted by molar-refractivity contribution is 5.76. The van der Waals surface area contributed by atoms with Gasteiger partial charge < -0.3 is 5.32 Å². The Balaban J connectivity index is 0.000000121. The van der Waals surface area contributed by atoms with Gasteiger partial charge in [-0.3, -0.25) is 0 Å². The molecule has 3 aromatic rings. The Hall–Kier alpha value is -2.26. The van der Waals surface area contributed by atoms with Crippen LogP contribution in [-0.2, 0) is 13.0 Å². The summed E-state index contributed by atoms with van der Waals surface area (Å²) in [5, 5.41) is 4.43. The third kappa shape index (κ3) is 3.00. The largest absolute Gasteiger partial charge is 0.312 e. The number of benzene rings is 2. The predicted molar refractivity (Wildman–Crippen MR) is 81.4 cm³/mol. The monoisotopic (exact) mass is 263 g/mol. The lowest BCUT2D eigenvalue weighted by molar-refractivity contribution is 0.644. The van der Waals surface area contributed by atoms with Crippen molar-refractivity contribution in [2.75, 3.05) is 6.54 Å². The van der Waals surface area contributed by atoms with Gasteiger partial charge in [-0.1, -0.05) is 42.5 Å². The van der Waals surface area contributed by atoms with Crippen molar-refractivity contribution in [3.8, 4) is 0 Å². The average molecular weight is 263 g/mol. The van der Waals surface area contributed by atoms with Crippen molar-refractivity contribution in [1.29, 1.82) is 0 Å². The SMILES string of the molecule is c1ccc2c(c1)CCNC2.c1ccc2ncncc2c1. The molecular formula is C17H17N3. The van der Waals surface area contributed by atoms with Crippen LogP contribution in [0, 0.1) is 0 Å². The molecule has 0 saturated carbocycles. The van der Waals surface area contributed by atoms with Crippen molar-refractivity contribution in [2.45, 2.75) is 13.0 Å². The van der Waals surface area contributed by atoms with E-state index < -0.39 is 0 Å². The number of rotatable bonds is 0. The normalized spacial score (nSPS) is 13.2. The highest BCUT2D eigenvalue weighted by Gasteiger charge is 2.05. The summed E-state index contributed by atoms with van der Waals surface area (Å²) in [6.45, 7) is 2.19. The molecule has 0 atom stereocenters. The van der Waals surface area contributed by atoms with E-state index in [2.05, 4.69) is 39.6 Å². The molecular weight excluding hydrogens is 246 g/mol. The summed E-state index contributed by atoms with van der Waals surface area (Å²) in [5.74, 6) is 0. The van der Waals surface area contributed by atoms with Gasteiger partial charge >= 0.3 is 0 Å². The van der Waals surface area contributed by atoms with Crippen molar-refractivity contribution in [2.24, 2.45) is 0 Å². The molecule has 0 spiro atoms. The third-order valence-corrected chi connectivity index (χ3v) is 3.42. The molecule has 0 fully saturated rings. The number of hydrogen-bond donors (Lipinski definition) is 1. The molecule has 0 unspecified atom stereocenters. The van der Waals surface area contributed by atoms with Gasteiger partial charge in [0.1, 0.15) is 6.33 Å². The molecule has 0 saturated heterocycles. The fourth-order valence-electron chi connectivity index (χ4n) is 2.34. The summed E-state index contributed by atoms with van der Waals surface area (Å²) in [7, 11) is 0. The first-order valence-electron chi connectivity index (χ1n) is 6.86. The number of hydrogen-bond acceptors (Lipinski definition) is 3. The summed E-state index contributed by atoms with van der Waals surface area (Å²) in [6.07, 6.45) is 4.56. The number of fused-ring (bicyclic) bond motifs is 2. The van der Waals surface area contributed by atoms with E-state index >= 15 is 0 Å². The fraction of sp³-hybridized carbons (Fsp3) is 0.176. The van der Waals surface area contributed by atoms with E-state index in [-0.39, 0.29) is 0 Å². The van der Waals surface area contributed by atoms with Crippen molar-refractivity contribution in [3.63, 3.8) is 0 Å².